The normalized spacial score (nSPS) is 24.2. The van der Waals surface area contributed by atoms with Crippen molar-refractivity contribution in [1.29, 1.82) is 5.26 Å². The van der Waals surface area contributed by atoms with Crippen LogP contribution < -0.4 is 15.2 Å². The van der Waals surface area contributed by atoms with Gasteiger partial charge in [0.2, 0.25) is 5.91 Å². The van der Waals surface area contributed by atoms with Gasteiger partial charge in [0, 0.05) is 24.7 Å². The lowest BCUT2D eigenvalue weighted by Crippen LogP contribution is -2.49. The maximum Gasteiger partial charge on any atom is 0.239 e. The molecule has 1 fully saturated rings. The molecular weight excluding hydrogens is 356 g/mol. The Labute approximate surface area is 163 Å². The van der Waals surface area contributed by atoms with Gasteiger partial charge in [-0.25, -0.2) is 0 Å². The number of primary amides is 1. The molecule has 0 radical (unpaired) electrons. The van der Waals surface area contributed by atoms with Crippen LogP contribution in [0.2, 0.25) is 0 Å². The summed E-state index contributed by atoms with van der Waals surface area (Å²) in [4.78, 5) is 25.3. The molecule has 2 N–H and O–H groups in total. The van der Waals surface area contributed by atoms with Crippen LogP contribution in [0, 0.1) is 16.7 Å². The number of ketones is 1. The number of carbonyl (C=O) groups excluding carboxylic acids is 2. The van der Waals surface area contributed by atoms with Crippen molar-refractivity contribution >= 4 is 11.7 Å². The van der Waals surface area contributed by atoms with E-state index in [-0.39, 0.29) is 18.6 Å². The minimum atomic E-state index is -1.53. The van der Waals surface area contributed by atoms with Gasteiger partial charge in [0.1, 0.15) is 22.7 Å². The average Bonchev–Trinajstić information content (AvgIpc) is 2.73. The molecule has 0 aliphatic heterocycles. The van der Waals surface area contributed by atoms with Gasteiger partial charge < -0.3 is 15.2 Å². The molecule has 1 aliphatic carbocycles. The SMILES string of the molecule is COc1ccc([C@H]2CC(=O)C[C@@H](c3ccc(OC)cc3)C2(C#N)C(N)=O)cc1. The smallest absolute Gasteiger partial charge is 0.239 e. The van der Waals surface area contributed by atoms with E-state index in [0.717, 1.165) is 0 Å². The van der Waals surface area contributed by atoms with Crippen LogP contribution in [0.4, 0.5) is 0 Å². The van der Waals surface area contributed by atoms with Gasteiger partial charge in [0.25, 0.3) is 0 Å². The third-order valence-corrected chi connectivity index (χ3v) is 5.59. The first-order valence-electron chi connectivity index (χ1n) is 8.97. The Morgan fingerprint density at radius 3 is 1.64 bits per heavy atom. The van der Waals surface area contributed by atoms with E-state index in [0.29, 0.717) is 22.6 Å². The highest BCUT2D eigenvalue weighted by Gasteiger charge is 2.56. The van der Waals surface area contributed by atoms with Gasteiger partial charge in [-0.3, -0.25) is 9.59 Å². The number of Topliss-reactive ketones (excluding diaryl/α,β-unsaturated/α-hetero) is 1. The van der Waals surface area contributed by atoms with Gasteiger partial charge in [0.15, 0.2) is 0 Å². The van der Waals surface area contributed by atoms with Crippen molar-refractivity contribution in [1.82, 2.24) is 0 Å². The summed E-state index contributed by atoms with van der Waals surface area (Å²) in [6.45, 7) is 0. The van der Waals surface area contributed by atoms with E-state index in [9.17, 15) is 14.9 Å². The lowest BCUT2D eigenvalue weighted by Gasteiger charge is -2.42. The second-order valence-electron chi connectivity index (χ2n) is 6.94. The number of nitrogens with two attached hydrogens (primary N) is 1. The monoisotopic (exact) mass is 378 g/mol. The van der Waals surface area contributed by atoms with Gasteiger partial charge in [-0.15, -0.1) is 0 Å². The van der Waals surface area contributed by atoms with Gasteiger partial charge in [0.05, 0.1) is 20.3 Å². The maximum atomic E-state index is 12.7. The highest BCUT2D eigenvalue weighted by Crippen LogP contribution is 2.53. The summed E-state index contributed by atoms with van der Waals surface area (Å²) in [7, 11) is 3.11. The maximum absolute atomic E-state index is 12.7. The number of carbonyl (C=O) groups is 2. The Morgan fingerprint density at radius 2 is 1.36 bits per heavy atom. The zero-order chi connectivity index (χ0) is 20.3. The molecule has 1 unspecified atom stereocenters. The summed E-state index contributed by atoms with van der Waals surface area (Å²) in [6, 6.07) is 16.3. The van der Waals surface area contributed by atoms with Crippen LogP contribution in [0.15, 0.2) is 48.5 Å². The summed E-state index contributed by atoms with van der Waals surface area (Å²) >= 11 is 0. The molecule has 2 aromatic carbocycles. The van der Waals surface area contributed by atoms with Crippen LogP contribution in [0.1, 0.15) is 35.8 Å². The lowest BCUT2D eigenvalue weighted by molar-refractivity contribution is -0.132. The molecule has 0 aromatic heterocycles. The fourth-order valence-corrected chi connectivity index (χ4v) is 4.09. The molecule has 6 nitrogen and oxygen atoms in total. The van der Waals surface area contributed by atoms with Gasteiger partial charge in [-0.05, 0) is 35.4 Å². The summed E-state index contributed by atoms with van der Waals surface area (Å²) in [6.07, 6.45) is 0.185. The Morgan fingerprint density at radius 1 is 0.964 bits per heavy atom. The molecule has 0 bridgehead atoms. The first-order chi connectivity index (χ1) is 13.5. The number of nitrogens with zero attached hydrogens (tertiary/aromatic N) is 1. The highest BCUT2D eigenvalue weighted by atomic mass is 16.5. The molecule has 28 heavy (non-hydrogen) atoms. The number of methoxy groups -OCH3 is 2. The van der Waals surface area contributed by atoms with Crippen molar-refractivity contribution in [2.24, 2.45) is 11.1 Å². The standard InChI is InChI=1S/C22H22N2O4/c1-27-17-7-3-14(4-8-17)19-11-16(25)12-20(22(19,13-23)21(24)26)15-5-9-18(28-2)10-6-15/h3-10,19-20H,11-12H2,1-2H3,(H2,24,26)/t19-,20+,22?. The van der Waals surface area contributed by atoms with Crippen molar-refractivity contribution in [3.05, 3.63) is 59.7 Å². The number of benzene rings is 2. The highest BCUT2D eigenvalue weighted by molar-refractivity contribution is 5.92. The molecule has 0 spiro atoms. The van der Waals surface area contributed by atoms with Crippen molar-refractivity contribution in [2.75, 3.05) is 14.2 Å². The zero-order valence-electron chi connectivity index (χ0n) is 15.8. The Kier molecular flexibility index (Phi) is 5.36. The molecule has 144 valence electrons. The number of hydrogen-bond donors (Lipinski definition) is 1. The van der Waals surface area contributed by atoms with Gasteiger partial charge in [-0.1, -0.05) is 24.3 Å². The first-order valence-corrected chi connectivity index (χ1v) is 8.97. The molecule has 0 heterocycles. The number of ether oxygens (including phenoxy) is 2. The molecule has 3 rings (SSSR count). The summed E-state index contributed by atoms with van der Waals surface area (Å²) in [5.74, 6) is -0.681. The van der Waals surface area contributed by atoms with E-state index in [4.69, 9.17) is 15.2 Å². The van der Waals surface area contributed by atoms with Crippen molar-refractivity contribution < 1.29 is 19.1 Å². The van der Waals surface area contributed by atoms with Crippen LogP contribution in [0.25, 0.3) is 0 Å². The quantitative estimate of drug-likeness (QED) is 0.862. The fourth-order valence-electron chi connectivity index (χ4n) is 4.09. The second kappa shape index (κ2) is 7.73. The largest absolute Gasteiger partial charge is 0.497 e. The van der Waals surface area contributed by atoms with Crippen molar-refractivity contribution in [2.45, 2.75) is 24.7 Å². The Bertz CT molecular complexity index is 854. The van der Waals surface area contributed by atoms with E-state index in [1.165, 1.54) is 0 Å². The third kappa shape index (κ3) is 3.20. The van der Waals surface area contributed by atoms with Crippen LogP contribution in [-0.2, 0) is 9.59 Å². The van der Waals surface area contributed by atoms with Crippen LogP contribution >= 0.6 is 0 Å². The van der Waals surface area contributed by atoms with Crippen LogP contribution in [-0.4, -0.2) is 25.9 Å². The predicted molar refractivity (Wildman–Crippen MR) is 103 cm³/mol. The van der Waals surface area contributed by atoms with E-state index in [2.05, 4.69) is 6.07 Å². The van der Waals surface area contributed by atoms with Crippen LogP contribution in [0.3, 0.4) is 0 Å². The summed E-state index contributed by atoms with van der Waals surface area (Å²) < 4.78 is 10.4. The fraction of sp³-hybridized carbons (Fsp3) is 0.318. The molecule has 1 saturated carbocycles. The molecule has 6 heteroatoms. The number of amides is 1. The topological polar surface area (TPSA) is 102 Å². The summed E-state index contributed by atoms with van der Waals surface area (Å²) in [5, 5.41) is 10.2. The van der Waals surface area contributed by atoms with Crippen LogP contribution in [0.5, 0.6) is 11.5 Å². The van der Waals surface area contributed by atoms with Gasteiger partial charge in [-0.2, -0.15) is 5.26 Å². The predicted octanol–water partition coefficient (Wildman–Crippen LogP) is 2.93. The average molecular weight is 378 g/mol. The Balaban J connectivity index is 2.13. The minimum absolute atomic E-state index is 0.00578. The number of nitriles is 1. The second-order valence-corrected chi connectivity index (χ2v) is 6.94. The molecule has 0 saturated heterocycles. The molecule has 1 aliphatic rings. The molecule has 2 aromatic rings. The molecule has 3 atom stereocenters. The lowest BCUT2D eigenvalue weighted by atomic mass is 9.56. The number of rotatable bonds is 5. The Hall–Kier alpha value is -3.33. The third-order valence-electron chi connectivity index (χ3n) is 5.59. The van der Waals surface area contributed by atoms with E-state index in [1.807, 2.05) is 0 Å². The van der Waals surface area contributed by atoms with Gasteiger partial charge >= 0.3 is 0 Å². The van der Waals surface area contributed by atoms with E-state index >= 15 is 0 Å². The van der Waals surface area contributed by atoms with E-state index < -0.39 is 23.2 Å². The minimum Gasteiger partial charge on any atom is -0.497 e. The first kappa shape index (κ1) is 19.4. The molecular formula is C22H22N2O4. The van der Waals surface area contributed by atoms with Crippen molar-refractivity contribution in [3.63, 3.8) is 0 Å². The van der Waals surface area contributed by atoms with E-state index in [1.54, 1.807) is 62.8 Å². The molecule has 1 amide bonds. The number of hydrogen-bond acceptors (Lipinski definition) is 5. The zero-order valence-corrected chi connectivity index (χ0v) is 15.8. The summed E-state index contributed by atoms with van der Waals surface area (Å²) in [5.41, 5.74) is 5.70. The van der Waals surface area contributed by atoms with Crippen molar-refractivity contribution in [3.8, 4) is 17.6 Å².